The number of ketones is 1. The molecule has 2 rings (SSSR count). The average Bonchev–Trinajstić information content (AvgIpc) is 2.68. The molecule has 1 aromatic heterocycles. The summed E-state index contributed by atoms with van der Waals surface area (Å²) < 4.78 is 5.28. The van der Waals surface area contributed by atoms with Gasteiger partial charge >= 0.3 is 0 Å². The summed E-state index contributed by atoms with van der Waals surface area (Å²) in [6.07, 6.45) is 6.19. The molecule has 15 heavy (non-hydrogen) atoms. The number of nitrogens with zero attached hydrogens (tertiary/aromatic N) is 1. The Kier molecular flexibility index (Phi) is 3.46. The molecule has 1 aliphatic heterocycles. The van der Waals surface area contributed by atoms with Gasteiger partial charge in [-0.3, -0.25) is 4.79 Å². The minimum Gasteiger partial charge on any atom is -0.448 e. The van der Waals surface area contributed by atoms with Crippen LogP contribution < -0.4 is 0 Å². The first-order chi connectivity index (χ1) is 7.25. The van der Waals surface area contributed by atoms with Crippen molar-refractivity contribution >= 4 is 17.5 Å². The molecule has 0 bridgehead atoms. The van der Waals surface area contributed by atoms with Crippen molar-refractivity contribution in [2.45, 2.75) is 37.9 Å². The first-order valence-corrected chi connectivity index (χ1v) is 6.37. The number of hydrogen-bond donors (Lipinski definition) is 0. The van der Waals surface area contributed by atoms with Gasteiger partial charge in [-0.2, -0.15) is 11.8 Å². The Hall–Kier alpha value is -0.770. The lowest BCUT2D eigenvalue weighted by molar-refractivity contribution is 0.101. The summed E-state index contributed by atoms with van der Waals surface area (Å²) in [5.41, 5.74) is 0.450. The van der Waals surface area contributed by atoms with E-state index in [0.717, 1.165) is 6.42 Å². The Morgan fingerprint density at radius 3 is 3.13 bits per heavy atom. The molecular weight excluding hydrogens is 210 g/mol. The fourth-order valence-electron chi connectivity index (χ4n) is 1.73. The van der Waals surface area contributed by atoms with E-state index in [1.54, 1.807) is 0 Å². The molecular formula is C11H15NO2S. The normalized spacial score (nSPS) is 21.5. The zero-order valence-electron chi connectivity index (χ0n) is 8.86. The second kappa shape index (κ2) is 4.84. The molecule has 0 saturated carbocycles. The topological polar surface area (TPSA) is 43.1 Å². The van der Waals surface area contributed by atoms with Crippen LogP contribution >= 0.6 is 11.8 Å². The Balaban J connectivity index is 1.94. The quantitative estimate of drug-likeness (QED) is 0.742. The van der Waals surface area contributed by atoms with Crippen LogP contribution in [-0.4, -0.2) is 21.8 Å². The smallest absolute Gasteiger partial charge is 0.195 e. The Morgan fingerprint density at radius 1 is 1.67 bits per heavy atom. The number of hydrogen-bond acceptors (Lipinski definition) is 4. The van der Waals surface area contributed by atoms with E-state index in [4.69, 9.17) is 4.42 Å². The largest absolute Gasteiger partial charge is 0.448 e. The number of Topliss-reactive ketones (excluding diaryl/α,β-unsaturated/α-hetero) is 1. The molecule has 0 amide bonds. The average molecular weight is 225 g/mol. The summed E-state index contributed by atoms with van der Waals surface area (Å²) in [5.74, 6) is 1.92. The molecule has 3 nitrogen and oxygen atoms in total. The van der Waals surface area contributed by atoms with E-state index < -0.39 is 0 Å². The van der Waals surface area contributed by atoms with E-state index >= 15 is 0 Å². The number of carbonyl (C=O) groups is 1. The number of aromatic nitrogens is 1. The van der Waals surface area contributed by atoms with Crippen LogP contribution in [0, 0.1) is 0 Å². The van der Waals surface area contributed by atoms with Crippen LogP contribution in [0.5, 0.6) is 0 Å². The number of carbonyl (C=O) groups excluding carboxylic acids is 1. The van der Waals surface area contributed by atoms with E-state index in [1.807, 2.05) is 11.8 Å². The molecule has 0 aromatic carbocycles. The van der Waals surface area contributed by atoms with Gasteiger partial charge in [-0.25, -0.2) is 4.98 Å². The van der Waals surface area contributed by atoms with Crippen molar-refractivity contribution < 1.29 is 9.21 Å². The van der Waals surface area contributed by atoms with Crippen LogP contribution in [0.1, 0.15) is 42.6 Å². The maximum atomic E-state index is 11.0. The summed E-state index contributed by atoms with van der Waals surface area (Å²) in [6.45, 7) is 1.51. The second-order valence-corrected chi connectivity index (χ2v) is 5.28. The van der Waals surface area contributed by atoms with Crippen LogP contribution in [-0.2, 0) is 6.42 Å². The summed E-state index contributed by atoms with van der Waals surface area (Å²) in [5, 5.41) is 0.622. The highest BCUT2D eigenvalue weighted by Crippen LogP contribution is 2.27. The van der Waals surface area contributed by atoms with Crippen LogP contribution in [0.4, 0.5) is 0 Å². The lowest BCUT2D eigenvalue weighted by atomic mass is 10.1. The van der Waals surface area contributed by atoms with Gasteiger partial charge in [0.25, 0.3) is 0 Å². The Bertz CT molecular complexity index is 342. The Labute approximate surface area is 93.6 Å². The van der Waals surface area contributed by atoms with E-state index in [2.05, 4.69) is 4.98 Å². The van der Waals surface area contributed by atoms with Gasteiger partial charge in [0.15, 0.2) is 11.7 Å². The van der Waals surface area contributed by atoms with Crippen molar-refractivity contribution in [1.82, 2.24) is 4.98 Å². The van der Waals surface area contributed by atoms with E-state index in [9.17, 15) is 4.79 Å². The van der Waals surface area contributed by atoms with Crippen molar-refractivity contribution in [3.8, 4) is 0 Å². The minimum atomic E-state index is -0.0266. The van der Waals surface area contributed by atoms with E-state index in [-0.39, 0.29) is 5.78 Å². The molecule has 1 atom stereocenters. The summed E-state index contributed by atoms with van der Waals surface area (Å²) in [7, 11) is 0. The van der Waals surface area contributed by atoms with Crippen molar-refractivity contribution in [2.75, 3.05) is 5.75 Å². The molecule has 2 heterocycles. The highest BCUT2D eigenvalue weighted by Gasteiger charge is 2.17. The van der Waals surface area contributed by atoms with Gasteiger partial charge < -0.3 is 4.42 Å². The number of oxazole rings is 1. The lowest BCUT2D eigenvalue weighted by Crippen LogP contribution is -2.12. The molecule has 82 valence electrons. The summed E-state index contributed by atoms with van der Waals surface area (Å²) >= 11 is 1.99. The summed E-state index contributed by atoms with van der Waals surface area (Å²) in [6, 6.07) is 0. The third-order valence-corrected chi connectivity index (χ3v) is 3.99. The van der Waals surface area contributed by atoms with Crippen LogP contribution in [0.25, 0.3) is 0 Å². The standard InChI is InChI=1S/C11H15NO2S/c1-8(13)10-7-14-11(12-10)6-9-4-2-3-5-15-9/h7,9H,2-6H2,1H3. The predicted molar refractivity (Wildman–Crippen MR) is 60.3 cm³/mol. The third-order valence-electron chi connectivity index (χ3n) is 2.59. The first kappa shape index (κ1) is 10.7. The molecule has 1 saturated heterocycles. The molecule has 1 aromatic rings. The van der Waals surface area contributed by atoms with Gasteiger partial charge in [-0.1, -0.05) is 6.42 Å². The second-order valence-electron chi connectivity index (χ2n) is 3.88. The molecule has 1 unspecified atom stereocenters. The molecule has 0 aliphatic carbocycles. The van der Waals surface area contributed by atoms with E-state index in [0.29, 0.717) is 16.8 Å². The third kappa shape index (κ3) is 2.84. The van der Waals surface area contributed by atoms with Crippen molar-refractivity contribution in [2.24, 2.45) is 0 Å². The Morgan fingerprint density at radius 2 is 2.53 bits per heavy atom. The zero-order chi connectivity index (χ0) is 10.7. The van der Waals surface area contributed by atoms with Gasteiger partial charge in [-0.15, -0.1) is 0 Å². The van der Waals surface area contributed by atoms with Gasteiger partial charge in [0.1, 0.15) is 12.0 Å². The van der Waals surface area contributed by atoms with Crippen LogP contribution in [0.15, 0.2) is 10.7 Å². The molecule has 0 spiro atoms. The highest BCUT2D eigenvalue weighted by molar-refractivity contribution is 7.99. The maximum absolute atomic E-state index is 11.0. The zero-order valence-corrected chi connectivity index (χ0v) is 9.68. The predicted octanol–water partition coefficient (Wildman–Crippen LogP) is 2.71. The fraction of sp³-hybridized carbons (Fsp3) is 0.636. The van der Waals surface area contributed by atoms with Crippen molar-refractivity contribution in [3.05, 3.63) is 17.8 Å². The van der Waals surface area contributed by atoms with Crippen molar-refractivity contribution in [1.29, 1.82) is 0 Å². The molecule has 4 heteroatoms. The van der Waals surface area contributed by atoms with Crippen molar-refractivity contribution in [3.63, 3.8) is 0 Å². The van der Waals surface area contributed by atoms with E-state index in [1.165, 1.54) is 38.2 Å². The molecule has 0 radical (unpaired) electrons. The SMILES string of the molecule is CC(=O)c1coc(CC2CCCCS2)n1. The molecule has 0 N–H and O–H groups in total. The molecule has 1 fully saturated rings. The minimum absolute atomic E-state index is 0.0266. The number of rotatable bonds is 3. The molecule has 1 aliphatic rings. The van der Waals surface area contributed by atoms with Gasteiger partial charge in [0.05, 0.1) is 0 Å². The highest BCUT2D eigenvalue weighted by atomic mass is 32.2. The summed E-state index contributed by atoms with van der Waals surface area (Å²) in [4.78, 5) is 15.2. The van der Waals surface area contributed by atoms with Crippen LogP contribution in [0.3, 0.4) is 0 Å². The first-order valence-electron chi connectivity index (χ1n) is 5.32. The maximum Gasteiger partial charge on any atom is 0.195 e. The number of thioether (sulfide) groups is 1. The lowest BCUT2D eigenvalue weighted by Gasteiger charge is -2.19. The van der Waals surface area contributed by atoms with Crippen LogP contribution in [0.2, 0.25) is 0 Å². The monoisotopic (exact) mass is 225 g/mol. The van der Waals surface area contributed by atoms with Gasteiger partial charge in [0.2, 0.25) is 0 Å². The van der Waals surface area contributed by atoms with Gasteiger partial charge in [-0.05, 0) is 18.6 Å². The van der Waals surface area contributed by atoms with Gasteiger partial charge in [0, 0.05) is 18.6 Å². The fourth-order valence-corrected chi connectivity index (χ4v) is 3.03.